The Bertz CT molecular complexity index is 469. The summed E-state index contributed by atoms with van der Waals surface area (Å²) in [6.07, 6.45) is 0. The first-order chi connectivity index (χ1) is 6.69. The summed E-state index contributed by atoms with van der Waals surface area (Å²) < 4.78 is 0. The van der Waals surface area contributed by atoms with E-state index in [1.807, 2.05) is 0 Å². The van der Waals surface area contributed by atoms with Gasteiger partial charge in [-0.25, -0.2) is 0 Å². The van der Waals surface area contributed by atoms with Gasteiger partial charge in [-0.3, -0.25) is 10.1 Å². The van der Waals surface area contributed by atoms with Crippen LogP contribution in [0.1, 0.15) is 5.56 Å². The summed E-state index contributed by atoms with van der Waals surface area (Å²) in [6, 6.07) is 5.17. The van der Waals surface area contributed by atoms with Crippen LogP contribution in [0, 0.1) is 21.4 Å². The van der Waals surface area contributed by atoms with Crippen molar-refractivity contribution in [2.45, 2.75) is 0 Å². The van der Waals surface area contributed by atoms with Crippen LogP contribution in [0.15, 0.2) is 23.3 Å². The van der Waals surface area contributed by atoms with Crippen molar-refractivity contribution >= 4 is 11.4 Å². The predicted molar refractivity (Wildman–Crippen MR) is 46.6 cm³/mol. The van der Waals surface area contributed by atoms with Gasteiger partial charge in [0.1, 0.15) is 0 Å². The smallest absolute Gasteiger partial charge is 0.258 e. The standard InChI is InChI=1S/C7H3N5O2/c8-4-5-3-6(12(13)14)1-2-7(5)10-11-9/h1-3H. The lowest BCUT2D eigenvalue weighted by atomic mass is 10.2. The maximum atomic E-state index is 10.3. The Labute approximate surface area is 78.0 Å². The van der Waals surface area contributed by atoms with Crippen LogP contribution in [0.5, 0.6) is 0 Å². The van der Waals surface area contributed by atoms with Crippen molar-refractivity contribution in [2.24, 2.45) is 5.11 Å². The van der Waals surface area contributed by atoms with E-state index >= 15 is 0 Å². The first-order valence-electron chi connectivity index (χ1n) is 3.42. The molecule has 0 aliphatic rings. The van der Waals surface area contributed by atoms with Gasteiger partial charge in [0.2, 0.25) is 0 Å². The highest BCUT2D eigenvalue weighted by Crippen LogP contribution is 2.23. The Morgan fingerprint density at radius 2 is 2.36 bits per heavy atom. The van der Waals surface area contributed by atoms with Crippen LogP contribution in [0.4, 0.5) is 11.4 Å². The van der Waals surface area contributed by atoms with Crippen molar-refractivity contribution in [3.05, 3.63) is 44.3 Å². The van der Waals surface area contributed by atoms with Crippen LogP contribution < -0.4 is 0 Å². The van der Waals surface area contributed by atoms with Gasteiger partial charge in [0.05, 0.1) is 22.2 Å². The molecule has 0 amide bonds. The molecule has 0 saturated heterocycles. The second-order valence-electron chi connectivity index (χ2n) is 2.26. The van der Waals surface area contributed by atoms with Crippen molar-refractivity contribution < 1.29 is 4.92 Å². The minimum Gasteiger partial charge on any atom is -0.258 e. The fraction of sp³-hybridized carbons (Fsp3) is 0. The summed E-state index contributed by atoms with van der Waals surface area (Å²) in [7, 11) is 0. The third-order valence-corrected chi connectivity index (χ3v) is 1.46. The molecule has 0 heterocycles. The molecular formula is C7H3N5O2. The molecule has 0 bridgehead atoms. The molecule has 0 fully saturated rings. The highest BCUT2D eigenvalue weighted by atomic mass is 16.6. The second-order valence-corrected chi connectivity index (χ2v) is 2.26. The number of azide groups is 1. The molecule has 14 heavy (non-hydrogen) atoms. The molecule has 68 valence electrons. The summed E-state index contributed by atoms with van der Waals surface area (Å²) in [6.45, 7) is 0. The Hall–Kier alpha value is -2.58. The van der Waals surface area contributed by atoms with Crippen molar-refractivity contribution in [1.29, 1.82) is 5.26 Å². The Morgan fingerprint density at radius 3 is 2.86 bits per heavy atom. The monoisotopic (exact) mass is 189 g/mol. The number of rotatable bonds is 2. The molecule has 0 saturated carbocycles. The third-order valence-electron chi connectivity index (χ3n) is 1.46. The Morgan fingerprint density at radius 1 is 1.64 bits per heavy atom. The van der Waals surface area contributed by atoms with E-state index in [0.717, 1.165) is 6.07 Å². The zero-order valence-corrected chi connectivity index (χ0v) is 6.78. The number of non-ortho nitro benzene ring substituents is 1. The molecule has 0 N–H and O–H groups in total. The average Bonchev–Trinajstić information content (AvgIpc) is 2.18. The van der Waals surface area contributed by atoms with Gasteiger partial charge in [-0.1, -0.05) is 5.11 Å². The van der Waals surface area contributed by atoms with E-state index in [9.17, 15) is 10.1 Å². The molecule has 0 atom stereocenters. The van der Waals surface area contributed by atoms with Gasteiger partial charge in [-0.05, 0) is 11.6 Å². The number of nitriles is 1. The molecule has 1 rings (SSSR count). The van der Waals surface area contributed by atoms with Gasteiger partial charge in [0.15, 0.2) is 0 Å². The summed E-state index contributed by atoms with van der Waals surface area (Å²) in [5.41, 5.74) is 7.99. The molecule has 7 heteroatoms. The third kappa shape index (κ3) is 1.77. The lowest BCUT2D eigenvalue weighted by Gasteiger charge is -1.95. The zero-order chi connectivity index (χ0) is 10.6. The molecular weight excluding hydrogens is 186 g/mol. The largest absolute Gasteiger partial charge is 0.270 e. The van der Waals surface area contributed by atoms with Gasteiger partial charge in [-0.2, -0.15) is 5.26 Å². The molecule has 1 aromatic rings. The molecule has 7 nitrogen and oxygen atoms in total. The van der Waals surface area contributed by atoms with Gasteiger partial charge < -0.3 is 0 Å². The van der Waals surface area contributed by atoms with E-state index in [1.54, 1.807) is 6.07 Å². The molecule has 0 unspecified atom stereocenters. The van der Waals surface area contributed by atoms with E-state index < -0.39 is 4.92 Å². The summed E-state index contributed by atoms with van der Waals surface area (Å²) in [5, 5.41) is 22.1. The molecule has 0 radical (unpaired) electrons. The second kappa shape index (κ2) is 3.89. The van der Waals surface area contributed by atoms with Crippen LogP contribution in [-0.2, 0) is 0 Å². The van der Waals surface area contributed by atoms with E-state index in [-0.39, 0.29) is 16.9 Å². The summed E-state index contributed by atoms with van der Waals surface area (Å²) in [5.74, 6) is 0. The van der Waals surface area contributed by atoms with E-state index in [0.29, 0.717) is 0 Å². The van der Waals surface area contributed by atoms with Crippen LogP contribution in [0.3, 0.4) is 0 Å². The SMILES string of the molecule is N#Cc1cc([N+](=O)[O-])ccc1N=[N+]=[N-]. The predicted octanol–water partition coefficient (Wildman–Crippen LogP) is 2.41. The normalized spacial score (nSPS) is 8.50. The summed E-state index contributed by atoms with van der Waals surface area (Å²) >= 11 is 0. The van der Waals surface area contributed by atoms with E-state index in [1.165, 1.54) is 12.1 Å². The van der Waals surface area contributed by atoms with Crippen molar-refractivity contribution in [3.63, 3.8) is 0 Å². The van der Waals surface area contributed by atoms with Gasteiger partial charge in [0.25, 0.3) is 5.69 Å². The Balaban J connectivity index is 3.33. The van der Waals surface area contributed by atoms with E-state index in [4.69, 9.17) is 10.8 Å². The topological polar surface area (TPSA) is 116 Å². The molecule has 0 aromatic heterocycles. The van der Waals surface area contributed by atoms with Gasteiger partial charge in [-0.15, -0.1) is 0 Å². The minimum absolute atomic E-state index is 0.0167. The molecule has 0 aliphatic carbocycles. The van der Waals surface area contributed by atoms with Crippen LogP contribution in [0.2, 0.25) is 0 Å². The number of hydrogen-bond donors (Lipinski definition) is 0. The molecule has 1 aromatic carbocycles. The lowest BCUT2D eigenvalue weighted by molar-refractivity contribution is -0.384. The Kier molecular flexibility index (Phi) is 2.64. The quantitative estimate of drug-likeness (QED) is 0.233. The number of nitrogens with zero attached hydrogens (tertiary/aromatic N) is 5. The van der Waals surface area contributed by atoms with Crippen molar-refractivity contribution in [1.82, 2.24) is 0 Å². The lowest BCUT2D eigenvalue weighted by Crippen LogP contribution is -1.88. The number of nitro groups is 1. The first-order valence-corrected chi connectivity index (χ1v) is 3.42. The highest BCUT2D eigenvalue weighted by Gasteiger charge is 2.08. The van der Waals surface area contributed by atoms with Gasteiger partial charge >= 0.3 is 0 Å². The van der Waals surface area contributed by atoms with Crippen LogP contribution in [0.25, 0.3) is 10.4 Å². The fourth-order valence-electron chi connectivity index (χ4n) is 0.863. The highest BCUT2D eigenvalue weighted by molar-refractivity contribution is 5.57. The number of nitro benzene ring substituents is 1. The number of hydrogen-bond acceptors (Lipinski definition) is 4. The van der Waals surface area contributed by atoms with Crippen molar-refractivity contribution in [2.75, 3.05) is 0 Å². The van der Waals surface area contributed by atoms with Crippen LogP contribution >= 0.6 is 0 Å². The molecule has 0 aliphatic heterocycles. The first kappa shape index (κ1) is 9.51. The minimum atomic E-state index is -0.624. The average molecular weight is 189 g/mol. The maximum Gasteiger partial charge on any atom is 0.270 e. The van der Waals surface area contributed by atoms with Gasteiger partial charge in [0, 0.05) is 17.0 Å². The summed E-state index contributed by atoms with van der Waals surface area (Å²) in [4.78, 5) is 12.2. The van der Waals surface area contributed by atoms with E-state index in [2.05, 4.69) is 10.0 Å². The fourth-order valence-corrected chi connectivity index (χ4v) is 0.863. The van der Waals surface area contributed by atoms with Crippen LogP contribution in [-0.4, -0.2) is 4.92 Å². The van der Waals surface area contributed by atoms with Crippen molar-refractivity contribution in [3.8, 4) is 6.07 Å². The number of benzene rings is 1. The zero-order valence-electron chi connectivity index (χ0n) is 6.78. The maximum absolute atomic E-state index is 10.3. The molecule has 0 spiro atoms.